The summed E-state index contributed by atoms with van der Waals surface area (Å²) in [6.07, 6.45) is 4.85. The van der Waals surface area contributed by atoms with Crippen molar-refractivity contribution < 1.29 is 0 Å². The van der Waals surface area contributed by atoms with Crippen LogP contribution in [0.4, 0.5) is 5.95 Å². The van der Waals surface area contributed by atoms with Crippen LogP contribution in [-0.4, -0.2) is 15.9 Å². The third-order valence-corrected chi connectivity index (χ3v) is 3.64. The Balaban J connectivity index is 1.84. The Labute approximate surface area is 117 Å². The first kappa shape index (κ1) is 12.6. The van der Waals surface area contributed by atoms with Crippen LogP contribution >= 0.6 is 0 Å². The van der Waals surface area contributed by atoms with E-state index in [1.54, 1.807) is 0 Å². The van der Waals surface area contributed by atoms with Crippen LogP contribution in [0.15, 0.2) is 41.5 Å². The van der Waals surface area contributed by atoms with Crippen LogP contribution in [0.2, 0.25) is 0 Å². The molecule has 0 amide bonds. The average molecular weight is 267 g/mol. The molecule has 0 radical (unpaired) electrons. The van der Waals surface area contributed by atoms with E-state index in [0.717, 1.165) is 25.0 Å². The van der Waals surface area contributed by atoms with Crippen LogP contribution in [0.1, 0.15) is 29.2 Å². The quantitative estimate of drug-likeness (QED) is 0.639. The van der Waals surface area contributed by atoms with Crippen molar-refractivity contribution in [3.63, 3.8) is 0 Å². The monoisotopic (exact) mass is 267 g/mol. The molecule has 0 spiro atoms. The fourth-order valence-corrected chi connectivity index (χ4v) is 2.68. The molecule has 5 heteroatoms. The summed E-state index contributed by atoms with van der Waals surface area (Å²) >= 11 is 0. The predicted octanol–water partition coefficient (Wildman–Crippen LogP) is 1.65. The summed E-state index contributed by atoms with van der Waals surface area (Å²) in [5, 5.41) is 0. The van der Waals surface area contributed by atoms with Gasteiger partial charge in [-0.15, -0.1) is 0 Å². The Bertz CT molecular complexity index is 632. The van der Waals surface area contributed by atoms with Gasteiger partial charge in [0.1, 0.15) is 0 Å². The lowest BCUT2D eigenvalue weighted by Gasteiger charge is -2.23. The highest BCUT2D eigenvalue weighted by molar-refractivity contribution is 5.77. The number of guanidine groups is 1. The average Bonchev–Trinajstić information content (AvgIpc) is 2.47. The minimum atomic E-state index is -0.0112. The Morgan fingerprint density at radius 2 is 2.00 bits per heavy atom. The van der Waals surface area contributed by atoms with E-state index in [1.165, 1.54) is 11.1 Å². The zero-order chi connectivity index (χ0) is 13.9. The number of aryl methyl sites for hydroxylation is 1. The molecule has 1 aliphatic rings. The lowest BCUT2D eigenvalue weighted by atomic mass is 9.83. The van der Waals surface area contributed by atoms with Gasteiger partial charge in [0, 0.05) is 11.9 Å². The fraction of sp³-hybridized carbons (Fsp3) is 0.267. The van der Waals surface area contributed by atoms with Crippen LogP contribution in [0.25, 0.3) is 0 Å². The molecule has 0 bridgehead atoms. The fourth-order valence-electron chi connectivity index (χ4n) is 2.68. The van der Waals surface area contributed by atoms with E-state index in [4.69, 9.17) is 11.5 Å². The van der Waals surface area contributed by atoms with Crippen LogP contribution in [0.5, 0.6) is 0 Å². The van der Waals surface area contributed by atoms with Gasteiger partial charge in [0.2, 0.25) is 0 Å². The molecule has 1 heterocycles. The van der Waals surface area contributed by atoms with Crippen molar-refractivity contribution in [2.24, 2.45) is 16.5 Å². The minimum Gasteiger partial charge on any atom is -0.370 e. The van der Waals surface area contributed by atoms with E-state index < -0.39 is 0 Å². The Morgan fingerprint density at radius 1 is 1.20 bits per heavy atom. The van der Waals surface area contributed by atoms with Crippen LogP contribution in [0, 0.1) is 0 Å². The van der Waals surface area contributed by atoms with Gasteiger partial charge in [-0.2, -0.15) is 4.99 Å². The largest absolute Gasteiger partial charge is 0.370 e. The van der Waals surface area contributed by atoms with E-state index in [1.807, 2.05) is 12.3 Å². The summed E-state index contributed by atoms with van der Waals surface area (Å²) in [4.78, 5) is 12.5. The van der Waals surface area contributed by atoms with Crippen molar-refractivity contribution >= 4 is 11.9 Å². The van der Waals surface area contributed by atoms with E-state index in [0.29, 0.717) is 11.9 Å². The normalized spacial score (nSPS) is 17.3. The molecule has 0 saturated carbocycles. The molecule has 1 atom stereocenters. The Morgan fingerprint density at radius 3 is 2.75 bits per heavy atom. The minimum absolute atomic E-state index is 0.0112. The molecular weight excluding hydrogens is 250 g/mol. The second-order valence-corrected chi connectivity index (χ2v) is 5.03. The van der Waals surface area contributed by atoms with Gasteiger partial charge in [-0.1, -0.05) is 30.3 Å². The first-order chi connectivity index (χ1) is 9.72. The lowest BCUT2D eigenvalue weighted by molar-refractivity contribution is 0.571. The summed E-state index contributed by atoms with van der Waals surface area (Å²) in [5.74, 6) is 0.881. The summed E-state index contributed by atoms with van der Waals surface area (Å²) in [6, 6.07) is 10.6. The molecular formula is C15H17N5. The third-order valence-electron chi connectivity index (χ3n) is 3.64. The Kier molecular flexibility index (Phi) is 3.33. The number of benzene rings is 1. The number of hydrogen-bond acceptors (Lipinski definition) is 3. The van der Waals surface area contributed by atoms with Crippen LogP contribution < -0.4 is 11.5 Å². The molecule has 3 rings (SSSR count). The smallest absolute Gasteiger partial charge is 0.252 e. The standard InChI is InChI=1S/C15H17N5/c16-14(17)20-15-18-9-12-8-11(6-7-13(12)19-15)10-4-2-1-3-5-10/h1-5,9,11H,6-8H2,(H4,16,17,18,19,20). The molecule has 1 unspecified atom stereocenters. The first-order valence-corrected chi connectivity index (χ1v) is 6.72. The van der Waals surface area contributed by atoms with E-state index in [9.17, 15) is 0 Å². The summed E-state index contributed by atoms with van der Waals surface area (Å²) in [6.45, 7) is 0. The molecule has 4 N–H and O–H groups in total. The topological polar surface area (TPSA) is 90.2 Å². The molecule has 1 aromatic heterocycles. The summed E-state index contributed by atoms with van der Waals surface area (Å²) in [5.41, 5.74) is 14.3. The molecule has 0 saturated heterocycles. The van der Waals surface area contributed by atoms with Crippen LogP contribution in [-0.2, 0) is 12.8 Å². The number of fused-ring (bicyclic) bond motifs is 1. The number of aromatic nitrogens is 2. The van der Waals surface area contributed by atoms with Gasteiger partial charge >= 0.3 is 0 Å². The second-order valence-electron chi connectivity index (χ2n) is 5.03. The molecule has 20 heavy (non-hydrogen) atoms. The van der Waals surface area contributed by atoms with Crippen molar-refractivity contribution in [1.29, 1.82) is 0 Å². The molecule has 102 valence electrons. The van der Waals surface area contributed by atoms with Gasteiger partial charge in [0.05, 0.1) is 0 Å². The van der Waals surface area contributed by atoms with Gasteiger partial charge in [-0.05, 0) is 36.3 Å². The molecule has 1 aliphatic carbocycles. The maximum atomic E-state index is 5.35. The van der Waals surface area contributed by atoms with Crippen molar-refractivity contribution in [3.05, 3.63) is 53.3 Å². The van der Waals surface area contributed by atoms with E-state index in [-0.39, 0.29) is 5.96 Å². The number of nitrogens with two attached hydrogens (primary N) is 2. The van der Waals surface area contributed by atoms with Crippen LogP contribution in [0.3, 0.4) is 0 Å². The van der Waals surface area contributed by atoms with Crippen molar-refractivity contribution in [3.8, 4) is 0 Å². The number of nitrogens with zero attached hydrogens (tertiary/aromatic N) is 3. The van der Waals surface area contributed by atoms with E-state index >= 15 is 0 Å². The third kappa shape index (κ3) is 2.61. The van der Waals surface area contributed by atoms with Gasteiger partial charge in [0.15, 0.2) is 5.96 Å². The number of hydrogen-bond donors (Lipinski definition) is 2. The van der Waals surface area contributed by atoms with Crippen molar-refractivity contribution in [2.45, 2.75) is 25.2 Å². The molecule has 0 aliphatic heterocycles. The maximum Gasteiger partial charge on any atom is 0.252 e. The van der Waals surface area contributed by atoms with Gasteiger partial charge in [0.25, 0.3) is 5.95 Å². The number of rotatable bonds is 2. The van der Waals surface area contributed by atoms with Crippen molar-refractivity contribution in [2.75, 3.05) is 0 Å². The summed E-state index contributed by atoms with van der Waals surface area (Å²) in [7, 11) is 0. The van der Waals surface area contributed by atoms with Gasteiger partial charge in [-0.25, -0.2) is 9.97 Å². The Hall–Kier alpha value is -2.43. The predicted molar refractivity (Wildman–Crippen MR) is 78.7 cm³/mol. The zero-order valence-corrected chi connectivity index (χ0v) is 11.2. The highest BCUT2D eigenvalue weighted by Gasteiger charge is 2.21. The second kappa shape index (κ2) is 5.28. The highest BCUT2D eigenvalue weighted by Crippen LogP contribution is 2.31. The first-order valence-electron chi connectivity index (χ1n) is 6.72. The molecule has 0 fully saturated rings. The highest BCUT2D eigenvalue weighted by atomic mass is 15.1. The molecule has 2 aromatic rings. The van der Waals surface area contributed by atoms with E-state index in [2.05, 4.69) is 39.2 Å². The van der Waals surface area contributed by atoms with Crippen molar-refractivity contribution in [1.82, 2.24) is 9.97 Å². The number of aliphatic imine (C=N–C) groups is 1. The molecule has 5 nitrogen and oxygen atoms in total. The summed E-state index contributed by atoms with van der Waals surface area (Å²) < 4.78 is 0. The zero-order valence-electron chi connectivity index (χ0n) is 11.2. The SMILES string of the molecule is NC(N)=Nc1ncc2c(n1)CCC(c1ccccc1)C2. The molecule has 1 aromatic carbocycles. The maximum absolute atomic E-state index is 5.35. The van der Waals surface area contributed by atoms with Gasteiger partial charge in [-0.3, -0.25) is 0 Å². The lowest BCUT2D eigenvalue weighted by Crippen LogP contribution is -2.22. The van der Waals surface area contributed by atoms with Gasteiger partial charge < -0.3 is 11.5 Å².